The molecule has 2 saturated carbocycles. The highest BCUT2D eigenvalue weighted by molar-refractivity contribution is 7.99. The standard InChI is InChI=1S/C16H22N2OS/c19-16(18-14-6-7-14)8-9-20-15-3-1-2-12(10-15)11-17-13-4-5-13/h1-3,10,13-14,17H,4-9,11H2,(H,18,19). The van der Waals surface area contributed by atoms with Crippen LogP contribution in [0.3, 0.4) is 0 Å². The summed E-state index contributed by atoms with van der Waals surface area (Å²) in [4.78, 5) is 12.9. The van der Waals surface area contributed by atoms with Crippen molar-refractivity contribution in [1.29, 1.82) is 0 Å². The maximum atomic E-state index is 11.6. The molecule has 2 aliphatic rings. The van der Waals surface area contributed by atoms with Crippen LogP contribution in [0.4, 0.5) is 0 Å². The van der Waals surface area contributed by atoms with Crippen LogP contribution in [0.25, 0.3) is 0 Å². The van der Waals surface area contributed by atoms with Gasteiger partial charge in [-0.3, -0.25) is 4.79 Å². The smallest absolute Gasteiger partial charge is 0.221 e. The molecule has 3 nitrogen and oxygen atoms in total. The van der Waals surface area contributed by atoms with Crippen molar-refractivity contribution < 1.29 is 4.79 Å². The number of thioether (sulfide) groups is 1. The van der Waals surface area contributed by atoms with E-state index in [0.717, 1.165) is 31.2 Å². The Balaban J connectivity index is 1.39. The molecule has 3 rings (SSSR count). The summed E-state index contributed by atoms with van der Waals surface area (Å²) in [6, 6.07) is 9.86. The molecule has 0 atom stereocenters. The van der Waals surface area contributed by atoms with Gasteiger partial charge in [0, 0.05) is 35.7 Å². The van der Waals surface area contributed by atoms with E-state index < -0.39 is 0 Å². The van der Waals surface area contributed by atoms with Crippen LogP contribution in [0.15, 0.2) is 29.2 Å². The first-order valence-electron chi connectivity index (χ1n) is 7.54. The summed E-state index contributed by atoms with van der Waals surface area (Å²) in [5, 5.41) is 6.56. The number of hydrogen-bond donors (Lipinski definition) is 2. The molecule has 1 aromatic carbocycles. The summed E-state index contributed by atoms with van der Waals surface area (Å²) in [5.74, 6) is 1.06. The number of hydrogen-bond acceptors (Lipinski definition) is 3. The number of rotatable bonds is 8. The lowest BCUT2D eigenvalue weighted by atomic mass is 10.2. The third kappa shape index (κ3) is 4.84. The molecule has 1 aromatic rings. The van der Waals surface area contributed by atoms with Crippen LogP contribution >= 0.6 is 11.8 Å². The SMILES string of the molecule is O=C(CCSc1cccc(CNC2CC2)c1)NC1CC1. The molecule has 2 N–H and O–H groups in total. The van der Waals surface area contributed by atoms with Gasteiger partial charge in [-0.05, 0) is 43.4 Å². The van der Waals surface area contributed by atoms with Gasteiger partial charge < -0.3 is 10.6 Å². The molecule has 0 spiro atoms. The first-order valence-corrected chi connectivity index (χ1v) is 8.52. The molecule has 0 heterocycles. The van der Waals surface area contributed by atoms with Crippen LogP contribution in [-0.2, 0) is 11.3 Å². The van der Waals surface area contributed by atoms with Crippen molar-refractivity contribution in [3.05, 3.63) is 29.8 Å². The number of nitrogens with one attached hydrogen (secondary N) is 2. The average Bonchev–Trinajstić information content (AvgIpc) is 3.32. The van der Waals surface area contributed by atoms with E-state index in [1.807, 2.05) is 0 Å². The Bertz CT molecular complexity index is 469. The summed E-state index contributed by atoms with van der Waals surface area (Å²) in [6.07, 6.45) is 5.59. The monoisotopic (exact) mass is 290 g/mol. The molecule has 20 heavy (non-hydrogen) atoms. The molecular formula is C16H22N2OS. The van der Waals surface area contributed by atoms with Gasteiger partial charge in [0.2, 0.25) is 5.91 Å². The van der Waals surface area contributed by atoms with E-state index in [4.69, 9.17) is 0 Å². The Morgan fingerprint density at radius 2 is 2.00 bits per heavy atom. The molecule has 0 radical (unpaired) electrons. The van der Waals surface area contributed by atoms with Crippen LogP contribution in [-0.4, -0.2) is 23.7 Å². The molecular weight excluding hydrogens is 268 g/mol. The molecule has 1 amide bonds. The lowest BCUT2D eigenvalue weighted by Crippen LogP contribution is -2.25. The third-order valence-corrected chi connectivity index (χ3v) is 4.61. The topological polar surface area (TPSA) is 41.1 Å². The molecule has 0 unspecified atom stereocenters. The van der Waals surface area contributed by atoms with E-state index in [0.29, 0.717) is 12.5 Å². The number of carbonyl (C=O) groups excluding carboxylic acids is 1. The molecule has 2 fully saturated rings. The molecule has 0 aromatic heterocycles. The molecule has 4 heteroatoms. The quantitative estimate of drug-likeness (QED) is 0.723. The van der Waals surface area contributed by atoms with Crippen molar-refractivity contribution in [3.8, 4) is 0 Å². The lowest BCUT2D eigenvalue weighted by molar-refractivity contribution is -0.120. The maximum Gasteiger partial charge on any atom is 0.221 e. The highest BCUT2D eigenvalue weighted by Crippen LogP contribution is 2.23. The van der Waals surface area contributed by atoms with Gasteiger partial charge in [-0.2, -0.15) is 0 Å². The summed E-state index contributed by atoms with van der Waals surface area (Å²) in [7, 11) is 0. The van der Waals surface area contributed by atoms with Gasteiger partial charge in [-0.1, -0.05) is 12.1 Å². The zero-order valence-corrected chi connectivity index (χ0v) is 12.5. The van der Waals surface area contributed by atoms with Crippen LogP contribution in [0, 0.1) is 0 Å². The van der Waals surface area contributed by atoms with Crippen molar-refractivity contribution in [3.63, 3.8) is 0 Å². The number of carbonyl (C=O) groups is 1. The van der Waals surface area contributed by atoms with E-state index in [9.17, 15) is 4.79 Å². The minimum Gasteiger partial charge on any atom is -0.353 e. The number of amides is 1. The van der Waals surface area contributed by atoms with Crippen molar-refractivity contribution in [2.24, 2.45) is 0 Å². The molecule has 0 saturated heterocycles. The lowest BCUT2D eigenvalue weighted by Gasteiger charge is -2.06. The minimum absolute atomic E-state index is 0.201. The Morgan fingerprint density at radius 3 is 2.75 bits per heavy atom. The van der Waals surface area contributed by atoms with E-state index in [-0.39, 0.29) is 5.91 Å². The first kappa shape index (κ1) is 14.0. The molecule has 0 bridgehead atoms. The zero-order valence-electron chi connectivity index (χ0n) is 11.7. The van der Waals surface area contributed by atoms with E-state index in [2.05, 4.69) is 34.9 Å². The van der Waals surface area contributed by atoms with Gasteiger partial charge in [-0.25, -0.2) is 0 Å². The molecule has 108 valence electrons. The highest BCUT2D eigenvalue weighted by Gasteiger charge is 2.22. The Labute approximate surface area is 124 Å². The van der Waals surface area contributed by atoms with Crippen molar-refractivity contribution >= 4 is 17.7 Å². The molecule has 2 aliphatic carbocycles. The van der Waals surface area contributed by atoms with Crippen LogP contribution in [0.1, 0.15) is 37.7 Å². The largest absolute Gasteiger partial charge is 0.353 e. The zero-order chi connectivity index (χ0) is 13.8. The van der Waals surface area contributed by atoms with E-state index >= 15 is 0 Å². The fraction of sp³-hybridized carbons (Fsp3) is 0.562. The molecule has 0 aliphatic heterocycles. The Morgan fingerprint density at radius 1 is 1.20 bits per heavy atom. The fourth-order valence-corrected chi connectivity index (χ4v) is 3.02. The van der Waals surface area contributed by atoms with Crippen LogP contribution in [0.5, 0.6) is 0 Å². The minimum atomic E-state index is 0.201. The predicted molar refractivity (Wildman–Crippen MR) is 82.8 cm³/mol. The fourth-order valence-electron chi connectivity index (χ4n) is 2.08. The second-order valence-corrected chi connectivity index (χ2v) is 6.91. The predicted octanol–water partition coefficient (Wildman–Crippen LogP) is 2.70. The highest BCUT2D eigenvalue weighted by atomic mass is 32.2. The van der Waals surface area contributed by atoms with E-state index in [1.165, 1.54) is 23.3 Å². The second-order valence-electron chi connectivity index (χ2n) is 5.74. The van der Waals surface area contributed by atoms with Gasteiger partial charge >= 0.3 is 0 Å². The van der Waals surface area contributed by atoms with Gasteiger partial charge in [0.1, 0.15) is 0 Å². The summed E-state index contributed by atoms with van der Waals surface area (Å²) < 4.78 is 0. The Kier molecular flexibility index (Phi) is 4.63. The van der Waals surface area contributed by atoms with Crippen molar-refractivity contribution in [2.75, 3.05) is 5.75 Å². The average molecular weight is 290 g/mol. The van der Waals surface area contributed by atoms with Crippen LogP contribution < -0.4 is 10.6 Å². The second kappa shape index (κ2) is 6.64. The van der Waals surface area contributed by atoms with Crippen molar-refractivity contribution in [1.82, 2.24) is 10.6 Å². The van der Waals surface area contributed by atoms with Gasteiger partial charge in [0.05, 0.1) is 0 Å². The van der Waals surface area contributed by atoms with Crippen LogP contribution in [0.2, 0.25) is 0 Å². The van der Waals surface area contributed by atoms with Gasteiger partial charge in [0.15, 0.2) is 0 Å². The summed E-state index contributed by atoms with van der Waals surface area (Å²) in [6.45, 7) is 0.960. The summed E-state index contributed by atoms with van der Waals surface area (Å²) in [5.41, 5.74) is 1.34. The third-order valence-electron chi connectivity index (χ3n) is 3.61. The number of benzene rings is 1. The maximum absolute atomic E-state index is 11.6. The van der Waals surface area contributed by atoms with E-state index in [1.54, 1.807) is 11.8 Å². The normalized spacial score (nSPS) is 18.0. The first-order chi connectivity index (χ1) is 9.79. The Hall–Kier alpha value is -1.00. The van der Waals surface area contributed by atoms with Gasteiger partial charge in [0.25, 0.3) is 0 Å². The van der Waals surface area contributed by atoms with Gasteiger partial charge in [-0.15, -0.1) is 11.8 Å². The summed E-state index contributed by atoms with van der Waals surface area (Å²) >= 11 is 1.77. The van der Waals surface area contributed by atoms with Crippen molar-refractivity contribution in [2.45, 2.75) is 55.6 Å².